The highest BCUT2D eigenvalue weighted by Gasteiger charge is 2.20. The maximum absolute atomic E-state index is 11.8. The van der Waals surface area contributed by atoms with Crippen LogP contribution < -0.4 is 5.32 Å². The zero-order valence-electron chi connectivity index (χ0n) is 13.6. The Kier molecular flexibility index (Phi) is 6.10. The Labute approximate surface area is 145 Å². The fourth-order valence-electron chi connectivity index (χ4n) is 2.44. The highest BCUT2D eigenvalue weighted by Crippen LogP contribution is 2.19. The van der Waals surface area contributed by atoms with Gasteiger partial charge in [-0.05, 0) is 43.3 Å². The van der Waals surface area contributed by atoms with Crippen LogP contribution in [0.1, 0.15) is 33.6 Å². The second-order valence-corrected chi connectivity index (χ2v) is 5.82. The highest BCUT2D eigenvalue weighted by molar-refractivity contribution is 7.80. The summed E-state index contributed by atoms with van der Waals surface area (Å²) in [6, 6.07) is 4.52. The number of likely N-dealkylation sites (tertiary alicyclic amines) is 1. The summed E-state index contributed by atoms with van der Waals surface area (Å²) in [5.41, 5.74) is 0.939. The SMILES string of the molecule is COC(=O)c1cc(NC(=S)N2CCC(O)CC2)cc(C(=O)OC)c1. The Morgan fingerprint density at radius 3 is 2.08 bits per heavy atom. The number of carbonyl (C=O) groups excluding carboxylic acids is 2. The van der Waals surface area contributed by atoms with Crippen molar-refractivity contribution in [2.75, 3.05) is 32.6 Å². The number of piperidine rings is 1. The third-order valence-corrected chi connectivity index (χ3v) is 4.14. The summed E-state index contributed by atoms with van der Waals surface area (Å²) in [6.45, 7) is 1.29. The zero-order chi connectivity index (χ0) is 17.7. The van der Waals surface area contributed by atoms with Gasteiger partial charge in [-0.15, -0.1) is 0 Å². The number of aliphatic hydroxyl groups is 1. The zero-order valence-corrected chi connectivity index (χ0v) is 14.4. The first-order chi connectivity index (χ1) is 11.4. The number of anilines is 1. The van der Waals surface area contributed by atoms with Gasteiger partial charge in [-0.1, -0.05) is 0 Å². The third kappa shape index (κ3) is 4.42. The van der Waals surface area contributed by atoms with Gasteiger partial charge in [0.15, 0.2) is 5.11 Å². The number of aliphatic hydroxyl groups excluding tert-OH is 1. The van der Waals surface area contributed by atoms with E-state index in [-0.39, 0.29) is 17.2 Å². The summed E-state index contributed by atoms with van der Waals surface area (Å²) < 4.78 is 9.41. The number of methoxy groups -OCH3 is 2. The lowest BCUT2D eigenvalue weighted by Crippen LogP contribution is -2.42. The van der Waals surface area contributed by atoms with Crippen LogP contribution in [0.4, 0.5) is 5.69 Å². The number of hydrogen-bond acceptors (Lipinski definition) is 6. The fraction of sp³-hybridized carbons (Fsp3) is 0.438. The summed E-state index contributed by atoms with van der Waals surface area (Å²) in [5, 5.41) is 13.1. The van der Waals surface area contributed by atoms with Gasteiger partial charge in [-0.2, -0.15) is 0 Å². The predicted molar refractivity (Wildman–Crippen MR) is 92.2 cm³/mol. The lowest BCUT2D eigenvalue weighted by molar-refractivity contribution is 0.0599. The van der Waals surface area contributed by atoms with E-state index in [0.717, 1.165) is 0 Å². The first-order valence-corrected chi connectivity index (χ1v) is 7.91. The van der Waals surface area contributed by atoms with E-state index >= 15 is 0 Å². The van der Waals surface area contributed by atoms with Crippen molar-refractivity contribution in [1.29, 1.82) is 0 Å². The molecule has 130 valence electrons. The number of carbonyl (C=O) groups is 2. The highest BCUT2D eigenvalue weighted by atomic mass is 32.1. The second-order valence-electron chi connectivity index (χ2n) is 5.43. The molecular weight excluding hydrogens is 332 g/mol. The smallest absolute Gasteiger partial charge is 0.337 e. The monoisotopic (exact) mass is 352 g/mol. The molecule has 0 amide bonds. The van der Waals surface area contributed by atoms with Crippen LogP contribution in [-0.4, -0.2) is 60.5 Å². The minimum atomic E-state index is -0.559. The van der Waals surface area contributed by atoms with Gasteiger partial charge in [0.25, 0.3) is 0 Å². The quantitative estimate of drug-likeness (QED) is 0.624. The molecule has 0 radical (unpaired) electrons. The number of nitrogens with one attached hydrogen (secondary N) is 1. The van der Waals surface area contributed by atoms with Crippen LogP contribution in [0.3, 0.4) is 0 Å². The van der Waals surface area contributed by atoms with Crippen molar-refractivity contribution in [3.8, 4) is 0 Å². The molecule has 8 heteroatoms. The summed E-state index contributed by atoms with van der Waals surface area (Å²) in [7, 11) is 2.54. The normalized spacial score (nSPS) is 14.9. The van der Waals surface area contributed by atoms with E-state index in [4.69, 9.17) is 21.7 Å². The molecule has 1 saturated heterocycles. The van der Waals surface area contributed by atoms with Gasteiger partial charge in [0.05, 0.1) is 31.5 Å². The molecule has 0 unspecified atom stereocenters. The number of nitrogens with zero attached hydrogens (tertiary/aromatic N) is 1. The van der Waals surface area contributed by atoms with E-state index in [1.807, 2.05) is 4.90 Å². The molecule has 2 rings (SSSR count). The molecule has 1 aliphatic heterocycles. The standard InChI is InChI=1S/C16H20N2O5S/c1-22-14(20)10-7-11(15(21)23-2)9-12(8-10)17-16(24)18-5-3-13(19)4-6-18/h7-9,13,19H,3-6H2,1-2H3,(H,17,24). The summed E-state index contributed by atoms with van der Waals surface area (Å²) in [4.78, 5) is 25.5. The van der Waals surface area contributed by atoms with Crippen molar-refractivity contribution in [1.82, 2.24) is 4.90 Å². The second kappa shape index (κ2) is 8.07. The average molecular weight is 352 g/mol. The Morgan fingerprint density at radius 2 is 1.62 bits per heavy atom. The van der Waals surface area contributed by atoms with Crippen molar-refractivity contribution < 1.29 is 24.2 Å². The number of benzene rings is 1. The minimum Gasteiger partial charge on any atom is -0.465 e. The minimum absolute atomic E-state index is 0.222. The van der Waals surface area contributed by atoms with Crippen molar-refractivity contribution in [3.63, 3.8) is 0 Å². The topological polar surface area (TPSA) is 88.1 Å². The van der Waals surface area contributed by atoms with Crippen LogP contribution in [0, 0.1) is 0 Å². The Hall–Kier alpha value is -2.19. The van der Waals surface area contributed by atoms with Gasteiger partial charge in [-0.25, -0.2) is 9.59 Å². The van der Waals surface area contributed by atoms with Crippen molar-refractivity contribution >= 4 is 35.0 Å². The molecule has 0 aliphatic carbocycles. The van der Waals surface area contributed by atoms with E-state index in [9.17, 15) is 14.7 Å². The number of thiocarbonyl (C=S) groups is 1. The summed E-state index contributed by atoms with van der Waals surface area (Å²) in [6.07, 6.45) is 1.01. The molecule has 0 aromatic heterocycles. The van der Waals surface area contributed by atoms with E-state index in [2.05, 4.69) is 5.32 Å². The van der Waals surface area contributed by atoms with Crippen LogP contribution in [-0.2, 0) is 9.47 Å². The number of esters is 2. The van der Waals surface area contributed by atoms with Gasteiger partial charge < -0.3 is 24.8 Å². The Balaban J connectivity index is 2.20. The number of hydrogen-bond donors (Lipinski definition) is 2. The molecule has 1 aromatic carbocycles. The van der Waals surface area contributed by atoms with Gasteiger partial charge in [-0.3, -0.25) is 0 Å². The van der Waals surface area contributed by atoms with Gasteiger partial charge in [0.2, 0.25) is 0 Å². The molecule has 0 atom stereocenters. The number of rotatable bonds is 3. The van der Waals surface area contributed by atoms with Crippen molar-refractivity contribution in [2.45, 2.75) is 18.9 Å². The molecule has 0 spiro atoms. The van der Waals surface area contributed by atoms with E-state index in [1.165, 1.54) is 20.3 Å². The van der Waals surface area contributed by atoms with E-state index < -0.39 is 11.9 Å². The molecule has 0 saturated carbocycles. The maximum Gasteiger partial charge on any atom is 0.337 e. The lowest BCUT2D eigenvalue weighted by Gasteiger charge is -2.31. The molecule has 1 aromatic rings. The Morgan fingerprint density at radius 1 is 1.12 bits per heavy atom. The largest absolute Gasteiger partial charge is 0.465 e. The molecule has 24 heavy (non-hydrogen) atoms. The fourth-order valence-corrected chi connectivity index (χ4v) is 2.74. The van der Waals surface area contributed by atoms with Gasteiger partial charge >= 0.3 is 11.9 Å². The summed E-state index contributed by atoms with van der Waals surface area (Å²) in [5.74, 6) is -1.12. The maximum atomic E-state index is 11.8. The molecule has 7 nitrogen and oxygen atoms in total. The summed E-state index contributed by atoms with van der Waals surface area (Å²) >= 11 is 5.37. The molecule has 1 fully saturated rings. The van der Waals surface area contributed by atoms with Crippen LogP contribution in [0.2, 0.25) is 0 Å². The molecule has 0 bridgehead atoms. The van der Waals surface area contributed by atoms with Crippen LogP contribution in [0.5, 0.6) is 0 Å². The predicted octanol–water partition coefficient (Wildman–Crippen LogP) is 1.41. The van der Waals surface area contributed by atoms with E-state index in [1.54, 1.807) is 12.1 Å². The van der Waals surface area contributed by atoms with Crippen molar-refractivity contribution in [2.24, 2.45) is 0 Å². The van der Waals surface area contributed by atoms with Gasteiger partial charge in [0.1, 0.15) is 0 Å². The van der Waals surface area contributed by atoms with Crippen LogP contribution >= 0.6 is 12.2 Å². The first kappa shape index (κ1) is 18.2. The first-order valence-electron chi connectivity index (χ1n) is 7.50. The third-order valence-electron chi connectivity index (χ3n) is 3.78. The molecular formula is C16H20N2O5S. The van der Waals surface area contributed by atoms with E-state index in [0.29, 0.717) is 36.7 Å². The molecule has 2 N–H and O–H groups in total. The van der Waals surface area contributed by atoms with Crippen LogP contribution in [0.25, 0.3) is 0 Å². The van der Waals surface area contributed by atoms with Crippen LogP contribution in [0.15, 0.2) is 18.2 Å². The van der Waals surface area contributed by atoms with Crippen molar-refractivity contribution in [3.05, 3.63) is 29.3 Å². The molecule has 1 aliphatic rings. The Bertz CT molecular complexity index is 607. The lowest BCUT2D eigenvalue weighted by atomic mass is 10.1. The average Bonchev–Trinajstić information content (AvgIpc) is 2.60. The number of ether oxygens (including phenoxy) is 2. The van der Waals surface area contributed by atoms with Gasteiger partial charge in [0, 0.05) is 18.8 Å². The molecule has 1 heterocycles.